The van der Waals surface area contributed by atoms with Crippen LogP contribution in [0.5, 0.6) is 0 Å². The molecule has 0 spiro atoms. The molecule has 2 N–H and O–H groups in total. The van der Waals surface area contributed by atoms with Crippen LogP contribution in [-0.2, 0) is 10.3 Å². The van der Waals surface area contributed by atoms with Crippen LogP contribution in [0.1, 0.15) is 32.0 Å². The Bertz CT molecular complexity index is 309. The summed E-state index contributed by atoms with van der Waals surface area (Å²) in [6.45, 7) is 5.39. The first kappa shape index (κ1) is 9.61. The van der Waals surface area contributed by atoms with Gasteiger partial charge < -0.3 is 10.5 Å². The largest absolute Gasteiger partial charge is 0.379 e. The first-order valence-electron chi connectivity index (χ1n) is 4.86. The lowest BCUT2D eigenvalue weighted by atomic mass is 10.0. The van der Waals surface area contributed by atoms with E-state index in [4.69, 9.17) is 10.5 Å². The van der Waals surface area contributed by atoms with Crippen molar-refractivity contribution < 1.29 is 4.74 Å². The molecule has 1 fully saturated rings. The zero-order chi connectivity index (χ0) is 10.2. The van der Waals surface area contributed by atoms with E-state index in [2.05, 4.69) is 10.3 Å². The second kappa shape index (κ2) is 3.33. The Hall–Kier alpha value is -0.940. The van der Waals surface area contributed by atoms with Crippen LogP contribution in [-0.4, -0.2) is 28.2 Å². The Morgan fingerprint density at radius 2 is 2.43 bits per heavy atom. The van der Waals surface area contributed by atoms with Crippen molar-refractivity contribution in [3.8, 4) is 0 Å². The third kappa shape index (κ3) is 1.78. The Labute approximate surface area is 83.2 Å². The van der Waals surface area contributed by atoms with Gasteiger partial charge in [-0.1, -0.05) is 5.21 Å². The van der Waals surface area contributed by atoms with E-state index >= 15 is 0 Å². The van der Waals surface area contributed by atoms with Crippen LogP contribution in [0.25, 0.3) is 0 Å². The summed E-state index contributed by atoms with van der Waals surface area (Å²) in [4.78, 5) is 0. The maximum atomic E-state index is 5.92. The molecule has 2 rings (SSSR count). The summed E-state index contributed by atoms with van der Waals surface area (Å²) in [5, 5.41) is 8.14. The summed E-state index contributed by atoms with van der Waals surface area (Å²) >= 11 is 0. The normalized spacial score (nSPS) is 22.9. The molecule has 0 saturated carbocycles. The lowest BCUT2D eigenvalue weighted by Gasteiger charge is -2.13. The SMILES string of the molecule is CC(C)(N)c1cn(C2CCOC2)nn1. The zero-order valence-corrected chi connectivity index (χ0v) is 8.60. The van der Waals surface area contributed by atoms with Gasteiger partial charge in [-0.15, -0.1) is 5.10 Å². The summed E-state index contributed by atoms with van der Waals surface area (Å²) in [7, 11) is 0. The second-order valence-electron chi connectivity index (χ2n) is 4.32. The van der Waals surface area contributed by atoms with Crippen molar-refractivity contribution in [2.45, 2.75) is 31.8 Å². The lowest BCUT2D eigenvalue weighted by molar-refractivity contribution is 0.184. The van der Waals surface area contributed by atoms with Crippen LogP contribution in [0.4, 0.5) is 0 Å². The smallest absolute Gasteiger partial charge is 0.102 e. The summed E-state index contributed by atoms with van der Waals surface area (Å²) < 4.78 is 7.14. The maximum absolute atomic E-state index is 5.92. The van der Waals surface area contributed by atoms with Crippen molar-refractivity contribution in [1.82, 2.24) is 15.0 Å². The number of nitrogens with two attached hydrogens (primary N) is 1. The predicted octanol–water partition coefficient (Wildman–Crippen LogP) is 0.433. The molecule has 14 heavy (non-hydrogen) atoms. The summed E-state index contributed by atoms with van der Waals surface area (Å²) in [5.41, 5.74) is 6.33. The molecule has 1 saturated heterocycles. The molecule has 1 unspecified atom stereocenters. The highest BCUT2D eigenvalue weighted by Crippen LogP contribution is 2.20. The van der Waals surface area contributed by atoms with E-state index in [1.54, 1.807) is 0 Å². The molecule has 78 valence electrons. The molecule has 5 nitrogen and oxygen atoms in total. The summed E-state index contributed by atoms with van der Waals surface area (Å²) in [6, 6.07) is 0.332. The van der Waals surface area contributed by atoms with Gasteiger partial charge >= 0.3 is 0 Å². The molecule has 1 aromatic rings. The van der Waals surface area contributed by atoms with Crippen molar-refractivity contribution in [3.05, 3.63) is 11.9 Å². The minimum absolute atomic E-state index is 0.332. The number of rotatable bonds is 2. The molecule has 0 aromatic carbocycles. The molecule has 1 aliphatic heterocycles. The van der Waals surface area contributed by atoms with Gasteiger partial charge in [0.2, 0.25) is 0 Å². The Balaban J connectivity index is 2.17. The Morgan fingerprint density at radius 3 is 2.93 bits per heavy atom. The van der Waals surface area contributed by atoms with Crippen molar-refractivity contribution >= 4 is 0 Å². The molecular weight excluding hydrogens is 180 g/mol. The fourth-order valence-corrected chi connectivity index (χ4v) is 1.48. The van der Waals surface area contributed by atoms with Gasteiger partial charge in [0.25, 0.3) is 0 Å². The topological polar surface area (TPSA) is 66.0 Å². The quantitative estimate of drug-likeness (QED) is 0.745. The number of hydrogen-bond acceptors (Lipinski definition) is 4. The molecule has 0 aliphatic carbocycles. The van der Waals surface area contributed by atoms with Crippen LogP contribution in [0.2, 0.25) is 0 Å². The molecule has 1 aromatic heterocycles. The molecule has 1 aliphatic rings. The van der Waals surface area contributed by atoms with E-state index in [-0.39, 0.29) is 0 Å². The molecular formula is C9H16N4O. The second-order valence-corrected chi connectivity index (χ2v) is 4.32. The Kier molecular flexibility index (Phi) is 2.28. The Morgan fingerprint density at radius 1 is 1.64 bits per heavy atom. The highest BCUT2D eigenvalue weighted by Gasteiger charge is 2.23. The van der Waals surface area contributed by atoms with E-state index in [0.29, 0.717) is 6.04 Å². The van der Waals surface area contributed by atoms with Crippen LogP contribution >= 0.6 is 0 Å². The number of aromatic nitrogens is 3. The van der Waals surface area contributed by atoms with Crippen LogP contribution in [0.3, 0.4) is 0 Å². The van der Waals surface area contributed by atoms with Crippen LogP contribution in [0.15, 0.2) is 6.20 Å². The van der Waals surface area contributed by atoms with Gasteiger partial charge in [0.1, 0.15) is 5.69 Å². The standard InChI is InChI=1S/C9H16N4O/c1-9(2,10)8-5-13(12-11-8)7-3-4-14-6-7/h5,7H,3-4,6,10H2,1-2H3. The van der Waals surface area contributed by atoms with Gasteiger partial charge in [-0.3, -0.25) is 0 Å². The van der Waals surface area contributed by atoms with Gasteiger partial charge in [0, 0.05) is 6.61 Å². The van der Waals surface area contributed by atoms with Gasteiger partial charge in [0.05, 0.1) is 24.4 Å². The fraction of sp³-hybridized carbons (Fsp3) is 0.778. The number of ether oxygens (including phenoxy) is 1. The predicted molar refractivity (Wildman–Crippen MR) is 51.7 cm³/mol. The molecule has 2 heterocycles. The first-order valence-corrected chi connectivity index (χ1v) is 4.86. The third-order valence-corrected chi connectivity index (χ3v) is 2.45. The van der Waals surface area contributed by atoms with Crippen molar-refractivity contribution in [3.63, 3.8) is 0 Å². The summed E-state index contributed by atoms with van der Waals surface area (Å²) in [5.74, 6) is 0. The van der Waals surface area contributed by atoms with E-state index < -0.39 is 5.54 Å². The number of nitrogens with zero attached hydrogens (tertiary/aromatic N) is 3. The van der Waals surface area contributed by atoms with Crippen LogP contribution < -0.4 is 5.73 Å². The summed E-state index contributed by atoms with van der Waals surface area (Å²) in [6.07, 6.45) is 2.92. The average molecular weight is 196 g/mol. The molecule has 5 heteroatoms. The average Bonchev–Trinajstić information content (AvgIpc) is 2.73. The maximum Gasteiger partial charge on any atom is 0.102 e. The fourth-order valence-electron chi connectivity index (χ4n) is 1.48. The van der Waals surface area contributed by atoms with Crippen molar-refractivity contribution in [1.29, 1.82) is 0 Å². The minimum Gasteiger partial charge on any atom is -0.379 e. The number of hydrogen-bond donors (Lipinski definition) is 1. The molecule has 0 radical (unpaired) electrons. The van der Waals surface area contributed by atoms with Gasteiger partial charge in [-0.05, 0) is 20.3 Å². The van der Waals surface area contributed by atoms with E-state index in [1.165, 1.54) is 0 Å². The highest BCUT2D eigenvalue weighted by atomic mass is 16.5. The van der Waals surface area contributed by atoms with E-state index in [9.17, 15) is 0 Å². The minimum atomic E-state index is -0.419. The van der Waals surface area contributed by atoms with Gasteiger partial charge in [-0.2, -0.15) is 0 Å². The van der Waals surface area contributed by atoms with Crippen molar-refractivity contribution in [2.75, 3.05) is 13.2 Å². The van der Waals surface area contributed by atoms with E-state index in [1.807, 2.05) is 24.7 Å². The van der Waals surface area contributed by atoms with Crippen LogP contribution in [0, 0.1) is 0 Å². The molecule has 1 atom stereocenters. The third-order valence-electron chi connectivity index (χ3n) is 2.45. The first-order chi connectivity index (χ1) is 6.57. The van der Waals surface area contributed by atoms with Crippen molar-refractivity contribution in [2.24, 2.45) is 5.73 Å². The van der Waals surface area contributed by atoms with Gasteiger partial charge in [0.15, 0.2) is 0 Å². The molecule has 0 bridgehead atoms. The monoisotopic (exact) mass is 196 g/mol. The lowest BCUT2D eigenvalue weighted by Crippen LogP contribution is -2.29. The van der Waals surface area contributed by atoms with E-state index in [0.717, 1.165) is 25.3 Å². The molecule has 0 amide bonds. The van der Waals surface area contributed by atoms with Gasteiger partial charge in [-0.25, -0.2) is 4.68 Å². The zero-order valence-electron chi connectivity index (χ0n) is 8.60. The highest BCUT2D eigenvalue weighted by molar-refractivity contribution is 5.06.